The highest BCUT2D eigenvalue weighted by Gasteiger charge is 2.54. The van der Waals surface area contributed by atoms with E-state index in [1.165, 1.54) is 25.7 Å². The molecule has 4 bridgehead atoms. The fourth-order valence-electron chi connectivity index (χ4n) is 8.69. The van der Waals surface area contributed by atoms with Gasteiger partial charge in [-0.05, 0) is 111 Å². The normalized spacial score (nSPS) is 31.9. The first kappa shape index (κ1) is 24.0. The van der Waals surface area contributed by atoms with Crippen molar-refractivity contribution in [1.29, 1.82) is 0 Å². The molecule has 8 rings (SSSR count). The van der Waals surface area contributed by atoms with Gasteiger partial charge < -0.3 is 15.6 Å². The van der Waals surface area contributed by atoms with Gasteiger partial charge >= 0.3 is 0 Å². The number of hydrogen-bond donors (Lipinski definition) is 3. The number of H-pyrrole nitrogens is 1. The zero-order chi connectivity index (χ0) is 25.9. The summed E-state index contributed by atoms with van der Waals surface area (Å²) >= 11 is 0. The Balaban J connectivity index is 1.04. The van der Waals surface area contributed by atoms with E-state index >= 15 is 0 Å². The van der Waals surface area contributed by atoms with Crippen LogP contribution in [0.15, 0.2) is 48.5 Å². The molecule has 5 heteroatoms. The average Bonchev–Trinajstić information content (AvgIpc) is 3.32. The predicted octanol–water partition coefficient (Wildman–Crippen LogP) is 7.75. The molecule has 3 N–H and O–H groups in total. The van der Waals surface area contributed by atoms with Crippen molar-refractivity contribution in [1.82, 2.24) is 4.98 Å². The van der Waals surface area contributed by atoms with E-state index in [1.54, 1.807) is 0 Å². The Hall–Kier alpha value is -3.08. The topological polar surface area (TPSA) is 74.0 Å². The molecular formula is C33H39N3O2. The molecule has 0 radical (unpaired) electrons. The van der Waals surface area contributed by atoms with Crippen LogP contribution < -0.4 is 10.6 Å². The van der Waals surface area contributed by atoms with Crippen LogP contribution in [0.1, 0.15) is 71.1 Å². The molecule has 3 aromatic rings. The number of amides is 2. The Labute approximate surface area is 225 Å². The second-order valence-electron chi connectivity index (χ2n) is 13.1. The zero-order valence-electron chi connectivity index (χ0n) is 22.4. The molecule has 1 heterocycles. The molecule has 5 aliphatic rings. The van der Waals surface area contributed by atoms with Crippen molar-refractivity contribution in [3.8, 4) is 11.3 Å². The van der Waals surface area contributed by atoms with Gasteiger partial charge in [-0.1, -0.05) is 38.0 Å². The van der Waals surface area contributed by atoms with Gasteiger partial charge in [0.25, 0.3) is 0 Å². The molecule has 0 saturated heterocycles. The summed E-state index contributed by atoms with van der Waals surface area (Å²) < 4.78 is 0. The van der Waals surface area contributed by atoms with Crippen molar-refractivity contribution >= 4 is 34.1 Å². The summed E-state index contributed by atoms with van der Waals surface area (Å²) in [7, 11) is 0. The predicted molar refractivity (Wildman–Crippen MR) is 153 cm³/mol. The summed E-state index contributed by atoms with van der Waals surface area (Å²) in [5.41, 5.74) is 4.71. The second-order valence-corrected chi connectivity index (χ2v) is 13.1. The minimum Gasteiger partial charge on any atom is -0.354 e. The van der Waals surface area contributed by atoms with E-state index in [2.05, 4.69) is 52.9 Å². The molecule has 2 aromatic carbocycles. The quantitative estimate of drug-likeness (QED) is 0.329. The molecule has 2 unspecified atom stereocenters. The molecule has 198 valence electrons. The van der Waals surface area contributed by atoms with Gasteiger partial charge in [-0.3, -0.25) is 9.59 Å². The Bertz CT molecular complexity index is 1340. The number of aromatic amines is 1. The van der Waals surface area contributed by atoms with Crippen molar-refractivity contribution < 1.29 is 9.59 Å². The van der Waals surface area contributed by atoms with Crippen LogP contribution in [-0.4, -0.2) is 16.8 Å². The van der Waals surface area contributed by atoms with Gasteiger partial charge in [0, 0.05) is 33.9 Å². The first-order chi connectivity index (χ1) is 18.4. The lowest BCUT2D eigenvalue weighted by Gasteiger charge is -2.55. The Morgan fingerprint density at radius 3 is 2.16 bits per heavy atom. The van der Waals surface area contributed by atoms with Crippen molar-refractivity contribution in [3.63, 3.8) is 0 Å². The largest absolute Gasteiger partial charge is 0.354 e. The Kier molecular flexibility index (Phi) is 5.86. The van der Waals surface area contributed by atoms with E-state index in [9.17, 15) is 9.59 Å². The fraction of sp³-hybridized carbons (Fsp3) is 0.515. The number of hydrogen-bond acceptors (Lipinski definition) is 2. The van der Waals surface area contributed by atoms with Gasteiger partial charge in [0.1, 0.15) is 0 Å². The summed E-state index contributed by atoms with van der Waals surface area (Å²) in [4.78, 5) is 29.8. The number of rotatable bonds is 5. The van der Waals surface area contributed by atoms with Crippen LogP contribution in [0, 0.1) is 35.0 Å². The van der Waals surface area contributed by atoms with Crippen molar-refractivity contribution in [2.75, 3.05) is 10.6 Å². The highest BCUT2D eigenvalue weighted by atomic mass is 16.2. The van der Waals surface area contributed by atoms with Crippen LogP contribution in [0.3, 0.4) is 0 Å². The third-order valence-electron chi connectivity index (χ3n) is 10.3. The zero-order valence-corrected chi connectivity index (χ0v) is 22.4. The monoisotopic (exact) mass is 509 g/mol. The maximum Gasteiger partial charge on any atom is 0.230 e. The standard InChI is InChI=1S/C33H39N3O2/c1-20-4-2-3-5-28(20)31(37)34-26-9-6-24(7-10-26)29-15-25-8-11-27(16-30(25)36-29)35-32(38)33-17-21-12-22(18-33)14-23(13-21)19-33/h6-11,15-16,20-23,28,36H,2-5,12-14,17-19H2,1H3,(H,34,37)(H,35,38). The Morgan fingerprint density at radius 1 is 0.816 bits per heavy atom. The molecule has 0 aliphatic heterocycles. The van der Waals surface area contributed by atoms with Crippen LogP contribution in [0.2, 0.25) is 0 Å². The lowest BCUT2D eigenvalue weighted by atomic mass is 9.49. The molecule has 0 spiro atoms. The molecule has 5 saturated carbocycles. The van der Waals surface area contributed by atoms with Crippen LogP contribution in [0.4, 0.5) is 11.4 Å². The van der Waals surface area contributed by atoms with Gasteiger partial charge in [-0.15, -0.1) is 0 Å². The molecule has 2 atom stereocenters. The van der Waals surface area contributed by atoms with E-state index in [-0.39, 0.29) is 23.1 Å². The van der Waals surface area contributed by atoms with E-state index in [0.29, 0.717) is 5.92 Å². The maximum atomic E-state index is 13.5. The molecule has 5 fully saturated rings. The van der Waals surface area contributed by atoms with Crippen LogP contribution in [-0.2, 0) is 9.59 Å². The molecule has 2 amide bonds. The molecule has 5 nitrogen and oxygen atoms in total. The lowest BCUT2D eigenvalue weighted by Crippen LogP contribution is -2.51. The van der Waals surface area contributed by atoms with Gasteiger partial charge in [0.15, 0.2) is 0 Å². The summed E-state index contributed by atoms with van der Waals surface area (Å²) in [5, 5.41) is 7.55. The molecule has 1 aromatic heterocycles. The van der Waals surface area contributed by atoms with E-state index in [0.717, 1.165) is 89.8 Å². The number of carbonyl (C=O) groups excluding carboxylic acids is 2. The Morgan fingerprint density at radius 2 is 1.47 bits per heavy atom. The second kappa shape index (κ2) is 9.29. The van der Waals surface area contributed by atoms with Gasteiger partial charge in [-0.25, -0.2) is 0 Å². The number of carbonyl (C=O) groups is 2. The maximum absolute atomic E-state index is 13.5. The van der Waals surface area contributed by atoms with E-state index < -0.39 is 0 Å². The minimum atomic E-state index is -0.142. The minimum absolute atomic E-state index is 0.120. The molecular weight excluding hydrogens is 470 g/mol. The van der Waals surface area contributed by atoms with Gasteiger partial charge in [0.2, 0.25) is 11.8 Å². The third-order valence-corrected chi connectivity index (χ3v) is 10.3. The van der Waals surface area contributed by atoms with Crippen LogP contribution in [0.25, 0.3) is 22.2 Å². The van der Waals surface area contributed by atoms with Gasteiger partial charge in [0.05, 0.1) is 5.41 Å². The summed E-state index contributed by atoms with van der Waals surface area (Å²) in [6, 6.07) is 16.4. The number of benzene rings is 2. The summed E-state index contributed by atoms with van der Waals surface area (Å²) in [6.45, 7) is 2.20. The van der Waals surface area contributed by atoms with Crippen molar-refractivity contribution in [2.45, 2.75) is 71.1 Å². The highest BCUT2D eigenvalue weighted by Crippen LogP contribution is 2.60. The lowest BCUT2D eigenvalue weighted by molar-refractivity contribution is -0.140. The summed E-state index contributed by atoms with van der Waals surface area (Å²) in [5.74, 6) is 3.25. The van der Waals surface area contributed by atoms with E-state index in [4.69, 9.17) is 0 Å². The first-order valence-corrected chi connectivity index (χ1v) is 14.8. The average molecular weight is 510 g/mol. The number of aromatic nitrogens is 1. The van der Waals surface area contributed by atoms with Crippen molar-refractivity contribution in [2.24, 2.45) is 35.0 Å². The van der Waals surface area contributed by atoms with E-state index in [1.807, 2.05) is 18.2 Å². The molecule has 38 heavy (non-hydrogen) atoms. The smallest absolute Gasteiger partial charge is 0.230 e. The number of anilines is 2. The SMILES string of the molecule is CC1CCCCC1C(=O)Nc1ccc(-c2cc3ccc(NC(=O)C45CC6CC(CC(C6)C4)C5)cc3[nH]2)cc1. The third kappa shape index (κ3) is 4.34. The fourth-order valence-corrected chi connectivity index (χ4v) is 8.69. The number of nitrogens with one attached hydrogen (secondary N) is 3. The van der Waals surface area contributed by atoms with Crippen LogP contribution in [0.5, 0.6) is 0 Å². The number of fused-ring (bicyclic) bond motifs is 1. The highest BCUT2D eigenvalue weighted by molar-refractivity contribution is 5.98. The molecule has 5 aliphatic carbocycles. The van der Waals surface area contributed by atoms with Crippen LogP contribution >= 0.6 is 0 Å². The van der Waals surface area contributed by atoms with Gasteiger partial charge in [-0.2, -0.15) is 0 Å². The first-order valence-electron chi connectivity index (χ1n) is 14.8. The van der Waals surface area contributed by atoms with Crippen molar-refractivity contribution in [3.05, 3.63) is 48.5 Å². The summed E-state index contributed by atoms with van der Waals surface area (Å²) in [6.07, 6.45) is 11.8.